The summed E-state index contributed by atoms with van der Waals surface area (Å²) in [5.74, 6) is -2.27. The first-order chi connectivity index (χ1) is 13.3. The molecule has 1 fully saturated rings. The number of rotatable bonds is 7. The van der Waals surface area contributed by atoms with Gasteiger partial charge in [0.15, 0.2) is 6.10 Å². The van der Waals surface area contributed by atoms with E-state index in [1.165, 1.54) is 18.7 Å². The molecule has 4 atom stereocenters. The molecule has 3 N–H and O–H groups in total. The Balaban J connectivity index is 2.97. The fourth-order valence-electron chi connectivity index (χ4n) is 3.26. The molecule has 1 heterocycles. The van der Waals surface area contributed by atoms with Crippen LogP contribution in [0.1, 0.15) is 40.5 Å². The molecule has 2 unspecified atom stereocenters. The van der Waals surface area contributed by atoms with Gasteiger partial charge in [0.05, 0.1) is 13.2 Å². The maximum atomic E-state index is 12.9. The van der Waals surface area contributed by atoms with Gasteiger partial charge in [-0.1, -0.05) is 27.7 Å². The number of nitrogens with zero attached hydrogens (tertiary/aromatic N) is 1. The van der Waals surface area contributed by atoms with Crippen LogP contribution in [-0.2, 0) is 14.3 Å². The highest BCUT2D eigenvalue weighted by Crippen LogP contribution is 2.26. The lowest BCUT2D eigenvalue weighted by atomic mass is 9.97. The zero-order valence-corrected chi connectivity index (χ0v) is 17.2. The lowest BCUT2D eigenvalue weighted by Gasteiger charge is -2.33. The van der Waals surface area contributed by atoms with E-state index in [1.807, 2.05) is 0 Å². The minimum absolute atomic E-state index is 0.233. The highest BCUT2D eigenvalue weighted by Gasteiger charge is 2.46. The largest absolute Gasteiger partial charge is 0.453 e. The summed E-state index contributed by atoms with van der Waals surface area (Å²) in [6.45, 7) is 6.55. The number of aliphatic hydroxyl groups excluding tert-OH is 1. The van der Waals surface area contributed by atoms with E-state index >= 15 is 0 Å². The second kappa shape index (κ2) is 10.1. The molecule has 8 nitrogen and oxygen atoms in total. The molecule has 0 aromatic heterocycles. The number of ether oxygens (including phenoxy) is 1. The van der Waals surface area contributed by atoms with Crippen LogP contribution in [0.5, 0.6) is 0 Å². The number of alkyl carbamates (subject to hydrolysis) is 1. The van der Waals surface area contributed by atoms with Gasteiger partial charge in [-0.25, -0.2) is 4.79 Å². The van der Waals surface area contributed by atoms with E-state index < -0.39 is 54.2 Å². The van der Waals surface area contributed by atoms with Gasteiger partial charge in [0.1, 0.15) is 12.1 Å². The zero-order valence-electron chi connectivity index (χ0n) is 17.2. The number of amides is 3. The predicted molar refractivity (Wildman–Crippen MR) is 97.7 cm³/mol. The van der Waals surface area contributed by atoms with Gasteiger partial charge in [0.2, 0.25) is 11.8 Å². The molecular formula is C18H30F3N3O5. The number of hydrogen-bond acceptors (Lipinski definition) is 5. The monoisotopic (exact) mass is 425 g/mol. The summed E-state index contributed by atoms with van der Waals surface area (Å²) in [6, 6.07) is -3.48. The van der Waals surface area contributed by atoms with Gasteiger partial charge in [0, 0.05) is 6.54 Å². The molecule has 29 heavy (non-hydrogen) atoms. The molecule has 0 radical (unpaired) electrons. The highest BCUT2D eigenvalue weighted by molar-refractivity contribution is 5.92. The van der Waals surface area contributed by atoms with Crippen LogP contribution in [0.4, 0.5) is 18.0 Å². The van der Waals surface area contributed by atoms with Crippen LogP contribution >= 0.6 is 0 Å². The second-order valence-electron chi connectivity index (χ2n) is 7.81. The van der Waals surface area contributed by atoms with Gasteiger partial charge in [0.25, 0.3) is 0 Å². The van der Waals surface area contributed by atoms with Crippen molar-refractivity contribution >= 4 is 17.9 Å². The van der Waals surface area contributed by atoms with Crippen molar-refractivity contribution in [2.75, 3.05) is 13.7 Å². The minimum atomic E-state index is -4.89. The molecule has 1 aliphatic rings. The lowest BCUT2D eigenvalue weighted by Crippen LogP contribution is -2.59. The van der Waals surface area contributed by atoms with E-state index in [2.05, 4.69) is 15.4 Å². The first kappa shape index (κ1) is 25.0. The Morgan fingerprint density at radius 3 is 2.14 bits per heavy atom. The molecule has 0 saturated carbocycles. The van der Waals surface area contributed by atoms with Crippen molar-refractivity contribution in [3.63, 3.8) is 0 Å². The summed E-state index contributed by atoms with van der Waals surface area (Å²) in [7, 11) is 1.15. The van der Waals surface area contributed by atoms with Crippen LogP contribution in [0.3, 0.4) is 0 Å². The van der Waals surface area contributed by atoms with Crippen molar-refractivity contribution in [1.29, 1.82) is 0 Å². The molecule has 11 heteroatoms. The highest BCUT2D eigenvalue weighted by atomic mass is 19.4. The SMILES string of the molecule is COC(=O)N[C@H](C(=O)N1CCC[C@H]1C(=O)NC(C(C)C)C(O)C(F)(F)F)C(C)C. The topological polar surface area (TPSA) is 108 Å². The Bertz CT molecular complexity index is 598. The molecule has 0 aliphatic carbocycles. The average molecular weight is 425 g/mol. The lowest BCUT2D eigenvalue weighted by molar-refractivity contribution is -0.215. The molecule has 0 spiro atoms. The van der Waals surface area contributed by atoms with E-state index in [1.54, 1.807) is 13.8 Å². The standard InChI is InChI=1S/C18H30F3N3O5/c1-9(2)12(14(25)18(19,20)21)22-15(26)11-7-6-8-24(11)16(27)13(10(3)4)23-17(28)29-5/h9-14,25H,6-8H2,1-5H3,(H,22,26)(H,23,28)/t11-,12?,13-,14?/m0/s1. The van der Waals surface area contributed by atoms with E-state index in [0.29, 0.717) is 6.42 Å². The zero-order chi connectivity index (χ0) is 22.5. The minimum Gasteiger partial charge on any atom is -0.453 e. The number of halogens is 3. The van der Waals surface area contributed by atoms with Crippen molar-refractivity contribution in [3.8, 4) is 0 Å². The number of nitrogens with one attached hydrogen (secondary N) is 2. The van der Waals surface area contributed by atoms with E-state index in [0.717, 1.165) is 7.11 Å². The van der Waals surface area contributed by atoms with Crippen molar-refractivity contribution in [2.45, 2.75) is 70.9 Å². The normalized spacial score (nSPS) is 20.4. The summed E-state index contributed by atoms with van der Waals surface area (Å²) >= 11 is 0. The number of carbonyl (C=O) groups excluding carboxylic acids is 3. The number of hydrogen-bond donors (Lipinski definition) is 3. The fourth-order valence-corrected chi connectivity index (χ4v) is 3.26. The van der Waals surface area contributed by atoms with Crippen molar-refractivity contribution < 1.29 is 37.4 Å². The van der Waals surface area contributed by atoms with Crippen molar-refractivity contribution in [1.82, 2.24) is 15.5 Å². The Labute approximate surface area is 168 Å². The van der Waals surface area contributed by atoms with Crippen LogP contribution in [0.25, 0.3) is 0 Å². The Hall–Kier alpha value is -2.04. The molecule has 0 bridgehead atoms. The maximum Gasteiger partial charge on any atom is 0.416 e. The van der Waals surface area contributed by atoms with E-state index in [4.69, 9.17) is 0 Å². The van der Waals surface area contributed by atoms with Crippen LogP contribution in [-0.4, -0.2) is 72.0 Å². The smallest absolute Gasteiger partial charge is 0.416 e. The Morgan fingerprint density at radius 1 is 1.10 bits per heavy atom. The Kier molecular flexibility index (Phi) is 8.73. The molecule has 0 aromatic rings. The number of alkyl halides is 3. The summed E-state index contributed by atoms with van der Waals surface area (Å²) in [5.41, 5.74) is 0. The van der Waals surface area contributed by atoms with E-state index in [-0.39, 0.29) is 18.9 Å². The van der Waals surface area contributed by atoms with Crippen LogP contribution in [0, 0.1) is 11.8 Å². The van der Waals surface area contributed by atoms with Gasteiger partial charge in [-0.05, 0) is 24.7 Å². The summed E-state index contributed by atoms with van der Waals surface area (Å²) in [5, 5.41) is 14.3. The molecule has 168 valence electrons. The summed E-state index contributed by atoms with van der Waals surface area (Å²) < 4.78 is 43.3. The number of likely N-dealkylation sites (tertiary alicyclic amines) is 1. The third kappa shape index (κ3) is 6.48. The average Bonchev–Trinajstić information content (AvgIpc) is 3.11. The third-order valence-electron chi connectivity index (χ3n) is 4.93. The van der Waals surface area contributed by atoms with Gasteiger partial charge >= 0.3 is 12.3 Å². The van der Waals surface area contributed by atoms with Crippen molar-refractivity contribution in [2.24, 2.45) is 11.8 Å². The molecule has 3 amide bonds. The van der Waals surface area contributed by atoms with Gasteiger partial charge in [-0.3, -0.25) is 9.59 Å². The molecular weight excluding hydrogens is 395 g/mol. The van der Waals surface area contributed by atoms with Gasteiger partial charge < -0.3 is 25.4 Å². The second-order valence-corrected chi connectivity index (χ2v) is 7.81. The number of carbonyl (C=O) groups is 3. The predicted octanol–water partition coefficient (Wildman–Crippen LogP) is 1.42. The van der Waals surface area contributed by atoms with Gasteiger partial charge in [-0.15, -0.1) is 0 Å². The first-order valence-corrected chi connectivity index (χ1v) is 9.51. The number of aliphatic hydroxyl groups is 1. The first-order valence-electron chi connectivity index (χ1n) is 9.51. The molecule has 1 aliphatic heterocycles. The van der Waals surface area contributed by atoms with Crippen molar-refractivity contribution in [3.05, 3.63) is 0 Å². The molecule has 0 aromatic carbocycles. The van der Waals surface area contributed by atoms with Crippen LogP contribution in [0.2, 0.25) is 0 Å². The van der Waals surface area contributed by atoms with Crippen LogP contribution < -0.4 is 10.6 Å². The Morgan fingerprint density at radius 2 is 1.69 bits per heavy atom. The summed E-state index contributed by atoms with van der Waals surface area (Å²) in [4.78, 5) is 38.4. The summed E-state index contributed by atoms with van der Waals surface area (Å²) in [6.07, 6.45) is -7.65. The fraction of sp³-hybridized carbons (Fsp3) is 0.833. The third-order valence-corrected chi connectivity index (χ3v) is 4.93. The quantitative estimate of drug-likeness (QED) is 0.572. The maximum absolute atomic E-state index is 12.9. The molecule has 1 rings (SSSR count). The molecule has 1 saturated heterocycles. The van der Waals surface area contributed by atoms with Gasteiger partial charge in [-0.2, -0.15) is 13.2 Å². The number of methoxy groups -OCH3 is 1. The van der Waals surface area contributed by atoms with E-state index in [9.17, 15) is 32.7 Å². The van der Waals surface area contributed by atoms with Crippen LogP contribution in [0.15, 0.2) is 0 Å².